The van der Waals surface area contributed by atoms with E-state index in [1.165, 1.54) is 0 Å². The molecule has 0 aliphatic heterocycles. The summed E-state index contributed by atoms with van der Waals surface area (Å²) in [5, 5.41) is 6.92. The van der Waals surface area contributed by atoms with Gasteiger partial charge in [0.25, 0.3) is 0 Å². The first-order valence-corrected chi connectivity index (χ1v) is 13.0. The second-order valence-electron chi connectivity index (χ2n) is 7.72. The topological polar surface area (TPSA) is 57.7 Å². The summed E-state index contributed by atoms with van der Waals surface area (Å²) in [5.41, 5.74) is 4.18. The lowest BCUT2D eigenvalue weighted by atomic mass is 9.99. The van der Waals surface area contributed by atoms with E-state index in [9.17, 15) is 4.79 Å². The van der Waals surface area contributed by atoms with E-state index in [2.05, 4.69) is 29.4 Å². The summed E-state index contributed by atoms with van der Waals surface area (Å²) < 4.78 is 17.8. The summed E-state index contributed by atoms with van der Waals surface area (Å²) in [4.78, 5) is 16.6. The first kappa shape index (κ1) is 24.0. The molecule has 4 aromatic rings. The number of aromatic nitrogens is 1. The summed E-state index contributed by atoms with van der Waals surface area (Å²) in [6, 6.07) is 16.0. The Labute approximate surface area is 208 Å². The number of rotatable bonds is 11. The second kappa shape index (κ2) is 11.8. The summed E-state index contributed by atoms with van der Waals surface area (Å²) in [7, 11) is 0. The Kier molecular flexibility index (Phi) is 8.33. The average molecular weight is 494 g/mol. The number of carbonyl (C=O) groups excluding carboxylic acids is 1. The molecule has 0 aliphatic carbocycles. The third kappa shape index (κ3) is 6.24. The van der Waals surface area contributed by atoms with Gasteiger partial charge in [-0.1, -0.05) is 24.3 Å². The SMILES string of the molecule is CCOC(=O)CCC(Oc1cc(OCc2ccsc2)ccc1-c1nccs1)c1ccccc1C. The minimum atomic E-state index is -0.323. The van der Waals surface area contributed by atoms with Gasteiger partial charge in [0.05, 0.1) is 12.2 Å². The van der Waals surface area contributed by atoms with Crippen molar-refractivity contribution in [1.29, 1.82) is 0 Å². The molecule has 4 rings (SSSR count). The Morgan fingerprint density at radius 3 is 2.74 bits per heavy atom. The normalized spacial score (nSPS) is 11.7. The maximum Gasteiger partial charge on any atom is 0.305 e. The highest BCUT2D eigenvalue weighted by Gasteiger charge is 2.21. The van der Waals surface area contributed by atoms with Crippen LogP contribution in [0.1, 0.15) is 42.6 Å². The predicted octanol–water partition coefficient (Wildman–Crippen LogP) is 7.22. The number of aryl methyl sites for hydroxylation is 1. The zero-order valence-corrected chi connectivity index (χ0v) is 20.9. The van der Waals surface area contributed by atoms with E-state index in [1.54, 1.807) is 28.9 Å². The van der Waals surface area contributed by atoms with E-state index in [0.29, 0.717) is 25.4 Å². The van der Waals surface area contributed by atoms with Crippen molar-refractivity contribution in [2.45, 2.75) is 39.4 Å². The quantitative estimate of drug-likeness (QED) is 0.206. The molecule has 2 heterocycles. The van der Waals surface area contributed by atoms with Gasteiger partial charge < -0.3 is 14.2 Å². The number of hydrogen-bond acceptors (Lipinski definition) is 7. The Morgan fingerprint density at radius 1 is 1.12 bits per heavy atom. The van der Waals surface area contributed by atoms with Crippen LogP contribution in [0.25, 0.3) is 10.6 Å². The number of nitrogens with zero attached hydrogens (tertiary/aromatic N) is 1. The van der Waals surface area contributed by atoms with E-state index in [-0.39, 0.29) is 18.5 Å². The van der Waals surface area contributed by atoms with Gasteiger partial charge in [-0.05, 0) is 65.9 Å². The molecule has 0 N–H and O–H groups in total. The number of carbonyl (C=O) groups is 1. The van der Waals surface area contributed by atoms with E-state index < -0.39 is 0 Å². The Hall–Kier alpha value is -3.16. The van der Waals surface area contributed by atoms with Gasteiger partial charge in [0.2, 0.25) is 0 Å². The van der Waals surface area contributed by atoms with Crippen LogP contribution >= 0.6 is 22.7 Å². The third-order valence-corrected chi connectivity index (χ3v) is 6.86. The molecule has 0 radical (unpaired) electrons. The highest BCUT2D eigenvalue weighted by molar-refractivity contribution is 7.13. The number of hydrogen-bond donors (Lipinski definition) is 0. The summed E-state index contributed by atoms with van der Waals surface area (Å²) in [5.74, 6) is 1.17. The summed E-state index contributed by atoms with van der Waals surface area (Å²) in [6.45, 7) is 4.73. The molecule has 2 aromatic heterocycles. The third-order valence-electron chi connectivity index (χ3n) is 5.32. The van der Waals surface area contributed by atoms with Crippen LogP contribution in [0.3, 0.4) is 0 Å². The van der Waals surface area contributed by atoms with Gasteiger partial charge >= 0.3 is 5.97 Å². The fraction of sp³-hybridized carbons (Fsp3) is 0.259. The fourth-order valence-electron chi connectivity index (χ4n) is 3.63. The minimum absolute atomic E-state index is 0.224. The first-order chi connectivity index (χ1) is 16.6. The average Bonchev–Trinajstić information content (AvgIpc) is 3.56. The molecule has 1 atom stereocenters. The van der Waals surface area contributed by atoms with Crippen molar-refractivity contribution < 1.29 is 19.0 Å². The van der Waals surface area contributed by atoms with Crippen molar-refractivity contribution in [3.63, 3.8) is 0 Å². The first-order valence-electron chi connectivity index (χ1n) is 11.2. The standard InChI is InChI=1S/C27H27NO4S2/c1-3-30-26(29)11-10-24(22-7-5-4-6-19(22)2)32-25-16-21(31-17-20-12-14-33-18-20)8-9-23(25)27-28-13-15-34-27/h4-9,12-16,18,24H,3,10-11,17H2,1-2H3. The van der Waals surface area contributed by atoms with Gasteiger partial charge in [0.15, 0.2) is 0 Å². The molecule has 0 amide bonds. The smallest absolute Gasteiger partial charge is 0.305 e. The van der Waals surface area contributed by atoms with Crippen LogP contribution in [0.4, 0.5) is 0 Å². The Morgan fingerprint density at radius 2 is 2.00 bits per heavy atom. The number of thiazole rings is 1. The monoisotopic (exact) mass is 493 g/mol. The molecule has 0 bridgehead atoms. The zero-order chi connectivity index (χ0) is 23.8. The van der Waals surface area contributed by atoms with E-state index in [1.807, 2.05) is 54.1 Å². The highest BCUT2D eigenvalue weighted by Crippen LogP contribution is 2.38. The highest BCUT2D eigenvalue weighted by atomic mass is 32.1. The van der Waals surface area contributed by atoms with Gasteiger partial charge in [0.1, 0.15) is 29.2 Å². The second-order valence-corrected chi connectivity index (χ2v) is 9.40. The molecular weight excluding hydrogens is 466 g/mol. The number of esters is 1. The predicted molar refractivity (Wildman–Crippen MR) is 137 cm³/mol. The van der Waals surface area contributed by atoms with E-state index in [4.69, 9.17) is 14.2 Å². The van der Waals surface area contributed by atoms with Crippen LogP contribution < -0.4 is 9.47 Å². The van der Waals surface area contributed by atoms with Crippen molar-refractivity contribution in [1.82, 2.24) is 4.98 Å². The largest absolute Gasteiger partial charge is 0.489 e. The molecule has 34 heavy (non-hydrogen) atoms. The van der Waals surface area contributed by atoms with Crippen LogP contribution in [0.2, 0.25) is 0 Å². The van der Waals surface area contributed by atoms with Crippen LogP contribution in [0.15, 0.2) is 70.9 Å². The summed E-state index contributed by atoms with van der Waals surface area (Å²) >= 11 is 3.20. The molecule has 2 aromatic carbocycles. The van der Waals surface area contributed by atoms with Crippen molar-refractivity contribution in [3.8, 4) is 22.1 Å². The number of ether oxygens (including phenoxy) is 3. The van der Waals surface area contributed by atoms with E-state index in [0.717, 1.165) is 33.0 Å². The van der Waals surface area contributed by atoms with Crippen molar-refractivity contribution in [2.75, 3.05) is 6.61 Å². The molecule has 5 nitrogen and oxygen atoms in total. The minimum Gasteiger partial charge on any atom is -0.489 e. The molecule has 0 fully saturated rings. The number of benzene rings is 2. The fourth-order valence-corrected chi connectivity index (χ4v) is 4.95. The molecular formula is C27H27NO4S2. The molecule has 0 aliphatic rings. The lowest BCUT2D eigenvalue weighted by Gasteiger charge is -2.23. The van der Waals surface area contributed by atoms with Gasteiger partial charge in [-0.15, -0.1) is 11.3 Å². The van der Waals surface area contributed by atoms with Crippen molar-refractivity contribution in [3.05, 3.63) is 87.6 Å². The zero-order valence-electron chi connectivity index (χ0n) is 19.2. The van der Waals surface area contributed by atoms with Crippen LogP contribution in [0, 0.1) is 6.92 Å². The van der Waals surface area contributed by atoms with Gasteiger partial charge in [0, 0.05) is 24.1 Å². The lowest BCUT2D eigenvalue weighted by Crippen LogP contribution is -2.13. The van der Waals surface area contributed by atoms with Crippen LogP contribution in [0.5, 0.6) is 11.5 Å². The number of thiophene rings is 1. The summed E-state index contributed by atoms with van der Waals surface area (Å²) in [6.07, 6.45) is 2.23. The molecule has 7 heteroatoms. The molecule has 0 spiro atoms. The maximum absolute atomic E-state index is 12.1. The Balaban J connectivity index is 1.64. The van der Waals surface area contributed by atoms with E-state index >= 15 is 0 Å². The Bertz CT molecular complexity index is 1190. The van der Waals surface area contributed by atoms with Crippen LogP contribution in [-0.4, -0.2) is 17.6 Å². The molecule has 176 valence electrons. The maximum atomic E-state index is 12.1. The molecule has 0 saturated carbocycles. The lowest BCUT2D eigenvalue weighted by molar-refractivity contribution is -0.143. The van der Waals surface area contributed by atoms with Gasteiger partial charge in [-0.25, -0.2) is 4.98 Å². The van der Waals surface area contributed by atoms with Crippen molar-refractivity contribution in [2.24, 2.45) is 0 Å². The van der Waals surface area contributed by atoms with Crippen molar-refractivity contribution >= 4 is 28.6 Å². The van der Waals surface area contributed by atoms with Gasteiger partial charge in [-0.3, -0.25) is 4.79 Å². The molecule has 0 saturated heterocycles. The van der Waals surface area contributed by atoms with Gasteiger partial charge in [-0.2, -0.15) is 11.3 Å². The van der Waals surface area contributed by atoms with Crippen LogP contribution in [-0.2, 0) is 16.1 Å². The molecule has 1 unspecified atom stereocenters.